The predicted octanol–water partition coefficient (Wildman–Crippen LogP) is 1.96. The third-order valence-electron chi connectivity index (χ3n) is 5.06. The van der Waals surface area contributed by atoms with E-state index >= 15 is 0 Å². The lowest BCUT2D eigenvalue weighted by molar-refractivity contribution is -0.135. The van der Waals surface area contributed by atoms with Gasteiger partial charge in [0.25, 0.3) is 5.91 Å². The van der Waals surface area contributed by atoms with Crippen LogP contribution in [0.15, 0.2) is 18.2 Å². The van der Waals surface area contributed by atoms with E-state index in [1.54, 1.807) is 4.90 Å². The summed E-state index contributed by atoms with van der Waals surface area (Å²) in [6.07, 6.45) is 3.78. The van der Waals surface area contributed by atoms with Crippen molar-refractivity contribution < 1.29 is 18.7 Å². The summed E-state index contributed by atoms with van der Waals surface area (Å²) >= 11 is 5.91. The van der Waals surface area contributed by atoms with E-state index in [0.717, 1.165) is 38.3 Å². The van der Waals surface area contributed by atoms with Crippen LogP contribution in [0.25, 0.3) is 0 Å². The number of nitrogens with zero attached hydrogens (tertiary/aromatic N) is 1. The summed E-state index contributed by atoms with van der Waals surface area (Å²) in [5, 5.41) is 6.33. The van der Waals surface area contributed by atoms with Gasteiger partial charge in [0.15, 0.2) is 6.61 Å². The molecule has 8 heteroatoms. The molecule has 0 bridgehead atoms. The number of rotatable bonds is 6. The number of amides is 2. The molecule has 2 N–H and O–H groups in total. The van der Waals surface area contributed by atoms with E-state index in [2.05, 4.69) is 10.6 Å². The number of hydrogen-bond donors (Lipinski definition) is 2. The van der Waals surface area contributed by atoms with Gasteiger partial charge in [-0.15, -0.1) is 0 Å². The Morgan fingerprint density at radius 3 is 2.93 bits per heavy atom. The van der Waals surface area contributed by atoms with E-state index in [1.807, 2.05) is 0 Å². The van der Waals surface area contributed by atoms with Crippen molar-refractivity contribution in [2.75, 3.05) is 32.8 Å². The molecule has 2 aliphatic heterocycles. The summed E-state index contributed by atoms with van der Waals surface area (Å²) in [5.74, 6) is -0.0136. The average molecular weight is 398 g/mol. The molecule has 1 aromatic rings. The van der Waals surface area contributed by atoms with Gasteiger partial charge in [0.05, 0.1) is 11.1 Å². The van der Waals surface area contributed by atoms with Gasteiger partial charge in [-0.25, -0.2) is 4.39 Å². The molecule has 1 aromatic carbocycles. The van der Waals surface area contributed by atoms with E-state index in [1.165, 1.54) is 12.1 Å². The molecule has 2 unspecified atom stereocenters. The lowest BCUT2D eigenvalue weighted by atomic mass is 9.97. The Labute approximate surface area is 163 Å². The minimum Gasteiger partial charge on any atom is -0.482 e. The van der Waals surface area contributed by atoms with Crippen LogP contribution in [-0.2, 0) is 9.59 Å². The van der Waals surface area contributed by atoms with Gasteiger partial charge in [-0.05, 0) is 56.3 Å². The largest absolute Gasteiger partial charge is 0.482 e. The number of ether oxygens (including phenoxy) is 1. The van der Waals surface area contributed by atoms with Gasteiger partial charge in [-0.1, -0.05) is 11.6 Å². The van der Waals surface area contributed by atoms with Crippen LogP contribution in [0, 0.1) is 11.7 Å². The highest BCUT2D eigenvalue weighted by molar-refractivity contribution is 6.32. The summed E-state index contributed by atoms with van der Waals surface area (Å²) in [6.45, 7) is 2.59. The first-order valence-electron chi connectivity index (χ1n) is 9.39. The number of likely N-dealkylation sites (tertiary alicyclic amines) is 1. The lowest BCUT2D eigenvalue weighted by Crippen LogP contribution is -2.47. The Hall–Kier alpha value is -1.86. The summed E-state index contributed by atoms with van der Waals surface area (Å²) in [5.41, 5.74) is 0. The third-order valence-corrected chi connectivity index (χ3v) is 5.35. The topological polar surface area (TPSA) is 70.7 Å². The molecule has 0 aromatic heterocycles. The SMILES string of the molecule is O=C(NCC1CCCN(C(=O)COc2ccc(F)cc2Cl)C1)C1CCCN1. The molecule has 2 atom stereocenters. The number of carbonyl (C=O) groups excluding carboxylic acids is 2. The fourth-order valence-corrected chi connectivity index (χ4v) is 3.78. The Kier molecular flexibility index (Phi) is 6.90. The number of nitrogens with one attached hydrogen (secondary N) is 2. The first kappa shape index (κ1) is 19.9. The van der Waals surface area contributed by atoms with Crippen molar-refractivity contribution in [1.29, 1.82) is 0 Å². The normalized spacial score (nSPS) is 22.5. The second kappa shape index (κ2) is 9.37. The smallest absolute Gasteiger partial charge is 0.260 e. The summed E-state index contributed by atoms with van der Waals surface area (Å²) < 4.78 is 18.5. The van der Waals surface area contributed by atoms with Gasteiger partial charge in [0.1, 0.15) is 11.6 Å². The minimum absolute atomic E-state index is 0.0465. The number of halogens is 2. The number of hydrogen-bond acceptors (Lipinski definition) is 4. The first-order valence-corrected chi connectivity index (χ1v) is 9.77. The van der Waals surface area contributed by atoms with Crippen molar-refractivity contribution in [2.45, 2.75) is 31.7 Å². The van der Waals surface area contributed by atoms with E-state index in [9.17, 15) is 14.0 Å². The van der Waals surface area contributed by atoms with Crippen molar-refractivity contribution in [1.82, 2.24) is 15.5 Å². The van der Waals surface area contributed by atoms with Crippen LogP contribution >= 0.6 is 11.6 Å². The molecule has 2 heterocycles. The van der Waals surface area contributed by atoms with E-state index < -0.39 is 5.82 Å². The summed E-state index contributed by atoms with van der Waals surface area (Å²) in [4.78, 5) is 26.3. The number of benzene rings is 1. The van der Waals surface area contributed by atoms with Crippen molar-refractivity contribution >= 4 is 23.4 Å². The maximum absolute atomic E-state index is 13.1. The van der Waals surface area contributed by atoms with Gasteiger partial charge in [0, 0.05) is 19.6 Å². The molecule has 2 aliphatic rings. The Bertz CT molecular complexity index is 682. The molecule has 0 saturated carbocycles. The third kappa shape index (κ3) is 5.56. The maximum atomic E-state index is 13.1. The molecule has 2 saturated heterocycles. The quantitative estimate of drug-likeness (QED) is 0.770. The van der Waals surface area contributed by atoms with Crippen molar-refractivity contribution in [3.05, 3.63) is 29.0 Å². The molecular formula is C19H25ClFN3O3. The minimum atomic E-state index is -0.451. The zero-order chi connectivity index (χ0) is 19.2. The van der Waals surface area contributed by atoms with Crippen molar-refractivity contribution in [2.24, 2.45) is 5.92 Å². The zero-order valence-corrected chi connectivity index (χ0v) is 15.9. The van der Waals surface area contributed by atoms with Crippen LogP contribution in [0.1, 0.15) is 25.7 Å². The lowest BCUT2D eigenvalue weighted by Gasteiger charge is -2.33. The highest BCUT2D eigenvalue weighted by atomic mass is 35.5. The van der Waals surface area contributed by atoms with Gasteiger partial charge in [0.2, 0.25) is 5.91 Å². The maximum Gasteiger partial charge on any atom is 0.260 e. The highest BCUT2D eigenvalue weighted by Crippen LogP contribution is 2.25. The fourth-order valence-electron chi connectivity index (χ4n) is 3.56. The van der Waals surface area contributed by atoms with Crippen molar-refractivity contribution in [3.8, 4) is 5.75 Å². The Morgan fingerprint density at radius 2 is 2.19 bits per heavy atom. The molecule has 27 heavy (non-hydrogen) atoms. The second-order valence-electron chi connectivity index (χ2n) is 7.11. The average Bonchev–Trinajstić information content (AvgIpc) is 3.20. The molecular weight excluding hydrogens is 373 g/mol. The van der Waals surface area contributed by atoms with Crippen LogP contribution in [0.5, 0.6) is 5.75 Å². The zero-order valence-electron chi connectivity index (χ0n) is 15.2. The monoisotopic (exact) mass is 397 g/mol. The van der Waals surface area contributed by atoms with Crippen LogP contribution in [-0.4, -0.2) is 55.5 Å². The van der Waals surface area contributed by atoms with Gasteiger partial charge >= 0.3 is 0 Å². The second-order valence-corrected chi connectivity index (χ2v) is 7.51. The number of carbonyl (C=O) groups is 2. The Morgan fingerprint density at radius 1 is 1.33 bits per heavy atom. The van der Waals surface area contributed by atoms with E-state index in [4.69, 9.17) is 16.3 Å². The summed E-state index contributed by atoms with van der Waals surface area (Å²) in [6, 6.07) is 3.72. The predicted molar refractivity (Wildman–Crippen MR) is 100 cm³/mol. The fraction of sp³-hybridized carbons (Fsp3) is 0.579. The molecule has 148 valence electrons. The van der Waals surface area contributed by atoms with Crippen LogP contribution in [0.4, 0.5) is 4.39 Å². The molecule has 0 aliphatic carbocycles. The molecule has 3 rings (SSSR count). The molecule has 0 spiro atoms. The first-order chi connectivity index (χ1) is 13.0. The van der Waals surface area contributed by atoms with Gasteiger partial charge < -0.3 is 20.3 Å². The van der Waals surface area contributed by atoms with E-state index in [-0.39, 0.29) is 41.2 Å². The standard InChI is InChI=1S/C19H25ClFN3O3/c20-15-9-14(21)5-6-17(15)27-12-18(25)24-8-2-3-13(11-24)10-23-19(26)16-4-1-7-22-16/h5-6,9,13,16,22H,1-4,7-8,10-12H2,(H,23,26). The molecule has 0 radical (unpaired) electrons. The molecule has 2 amide bonds. The van der Waals surface area contributed by atoms with Gasteiger partial charge in [-0.2, -0.15) is 0 Å². The highest BCUT2D eigenvalue weighted by Gasteiger charge is 2.26. The Balaban J connectivity index is 1.44. The van der Waals surface area contributed by atoms with E-state index in [0.29, 0.717) is 19.6 Å². The van der Waals surface area contributed by atoms with Crippen molar-refractivity contribution in [3.63, 3.8) is 0 Å². The molecule has 6 nitrogen and oxygen atoms in total. The molecule has 2 fully saturated rings. The van der Waals surface area contributed by atoms with Crippen LogP contribution in [0.2, 0.25) is 5.02 Å². The van der Waals surface area contributed by atoms with Crippen LogP contribution < -0.4 is 15.4 Å². The summed E-state index contributed by atoms with van der Waals surface area (Å²) in [7, 11) is 0. The van der Waals surface area contributed by atoms with Crippen LogP contribution in [0.3, 0.4) is 0 Å². The number of piperidine rings is 1. The van der Waals surface area contributed by atoms with Gasteiger partial charge in [-0.3, -0.25) is 9.59 Å².